The summed E-state index contributed by atoms with van der Waals surface area (Å²) < 4.78 is 1.92. The van der Waals surface area contributed by atoms with Gasteiger partial charge in [-0.05, 0) is 45.1 Å². The number of nitrogens with zero attached hydrogens (tertiary/aromatic N) is 2. The van der Waals surface area contributed by atoms with E-state index in [1.54, 1.807) is 0 Å². The topological polar surface area (TPSA) is 59.0 Å². The molecule has 0 radical (unpaired) electrons. The average Bonchev–Trinajstić information content (AvgIpc) is 3.03. The van der Waals surface area contributed by atoms with Crippen molar-refractivity contribution in [3.63, 3.8) is 0 Å². The molecule has 1 aliphatic heterocycles. The lowest BCUT2D eigenvalue weighted by atomic mass is 9.91. The Labute approximate surface area is 132 Å². The minimum Gasteiger partial charge on any atom is -0.348 e. The normalized spacial score (nSPS) is 28.6. The maximum atomic E-state index is 11.8. The quantitative estimate of drug-likeness (QED) is 0.820. The highest BCUT2D eigenvalue weighted by atomic mass is 16.1. The Morgan fingerprint density at radius 1 is 1.41 bits per heavy atom. The maximum absolute atomic E-state index is 11.8. The molecule has 3 rings (SSSR count). The molecule has 2 heterocycles. The number of hydrogen-bond donors (Lipinski definition) is 2. The molecule has 5 nitrogen and oxygen atoms in total. The smallest absolute Gasteiger partial charge is 0.220 e. The lowest BCUT2D eigenvalue weighted by Crippen LogP contribution is -2.49. The third-order valence-corrected chi connectivity index (χ3v) is 4.78. The molecule has 1 aromatic heterocycles. The van der Waals surface area contributed by atoms with Crippen molar-refractivity contribution in [3.05, 3.63) is 30.1 Å². The van der Waals surface area contributed by atoms with E-state index in [0.29, 0.717) is 12.5 Å². The molecule has 22 heavy (non-hydrogen) atoms. The van der Waals surface area contributed by atoms with Gasteiger partial charge >= 0.3 is 0 Å². The number of piperidine rings is 1. The fourth-order valence-electron chi connectivity index (χ4n) is 3.41. The van der Waals surface area contributed by atoms with Gasteiger partial charge in [0.15, 0.2) is 0 Å². The molecule has 1 saturated heterocycles. The Morgan fingerprint density at radius 3 is 3.05 bits per heavy atom. The Hall–Kier alpha value is -1.62. The molecule has 0 spiro atoms. The number of aryl methyl sites for hydroxylation is 1. The second kappa shape index (κ2) is 7.09. The first-order valence-corrected chi connectivity index (χ1v) is 8.46. The van der Waals surface area contributed by atoms with Crippen LogP contribution in [0.15, 0.2) is 24.5 Å². The molecular weight excluding hydrogens is 276 g/mol. The summed E-state index contributed by atoms with van der Waals surface area (Å²) in [7, 11) is 0. The van der Waals surface area contributed by atoms with E-state index in [1.807, 2.05) is 17.1 Å². The van der Waals surface area contributed by atoms with E-state index in [2.05, 4.69) is 34.8 Å². The van der Waals surface area contributed by atoms with Crippen molar-refractivity contribution in [1.82, 2.24) is 20.4 Å². The molecule has 3 atom stereocenters. The van der Waals surface area contributed by atoms with Crippen LogP contribution < -0.4 is 10.6 Å². The van der Waals surface area contributed by atoms with Crippen molar-refractivity contribution in [1.29, 1.82) is 0 Å². The lowest BCUT2D eigenvalue weighted by Gasteiger charge is -2.33. The molecule has 0 aromatic carbocycles. The van der Waals surface area contributed by atoms with Crippen molar-refractivity contribution in [2.75, 3.05) is 6.54 Å². The van der Waals surface area contributed by atoms with E-state index in [9.17, 15) is 4.79 Å². The summed E-state index contributed by atoms with van der Waals surface area (Å²) in [5.74, 6) is 0.870. The summed E-state index contributed by atoms with van der Waals surface area (Å²) in [4.78, 5) is 11.8. The van der Waals surface area contributed by atoms with Gasteiger partial charge in [0, 0.05) is 30.8 Å². The number of aromatic nitrogens is 2. The van der Waals surface area contributed by atoms with E-state index in [1.165, 1.54) is 19.3 Å². The van der Waals surface area contributed by atoms with Crippen LogP contribution in [0.25, 0.3) is 0 Å². The fraction of sp³-hybridized carbons (Fsp3) is 0.647. The summed E-state index contributed by atoms with van der Waals surface area (Å²) in [6.07, 6.45) is 13.6. The second-order valence-corrected chi connectivity index (χ2v) is 6.38. The van der Waals surface area contributed by atoms with Crippen LogP contribution in [0, 0.1) is 5.92 Å². The van der Waals surface area contributed by atoms with Crippen molar-refractivity contribution in [3.8, 4) is 0 Å². The zero-order chi connectivity index (χ0) is 15.4. The number of carbonyl (C=O) groups is 1. The molecule has 0 bridgehead atoms. The molecule has 1 aliphatic carbocycles. The minimum atomic E-state index is 0.0423. The average molecular weight is 302 g/mol. The van der Waals surface area contributed by atoms with E-state index < -0.39 is 0 Å². The molecule has 1 fully saturated rings. The van der Waals surface area contributed by atoms with Crippen molar-refractivity contribution < 1.29 is 4.79 Å². The Bertz CT molecular complexity index is 537. The first-order valence-electron chi connectivity index (χ1n) is 8.46. The number of nitrogens with one attached hydrogen (secondary N) is 2. The summed E-state index contributed by atoms with van der Waals surface area (Å²) in [5, 5.41) is 11.2. The van der Waals surface area contributed by atoms with E-state index >= 15 is 0 Å². The van der Waals surface area contributed by atoms with Crippen LogP contribution in [-0.4, -0.2) is 28.3 Å². The fourth-order valence-corrected chi connectivity index (χ4v) is 3.41. The highest BCUT2D eigenvalue weighted by molar-refractivity contribution is 5.77. The van der Waals surface area contributed by atoms with Crippen LogP contribution >= 0.6 is 0 Å². The van der Waals surface area contributed by atoms with Crippen LogP contribution in [0.1, 0.15) is 50.6 Å². The van der Waals surface area contributed by atoms with Gasteiger partial charge in [0.25, 0.3) is 0 Å². The zero-order valence-corrected chi connectivity index (χ0v) is 13.3. The minimum absolute atomic E-state index is 0.0423. The third kappa shape index (κ3) is 3.58. The highest BCUT2D eigenvalue weighted by Gasteiger charge is 2.30. The van der Waals surface area contributed by atoms with Gasteiger partial charge in [-0.2, -0.15) is 5.10 Å². The first-order chi connectivity index (χ1) is 10.8. The second-order valence-electron chi connectivity index (χ2n) is 6.38. The van der Waals surface area contributed by atoms with E-state index in [4.69, 9.17) is 0 Å². The van der Waals surface area contributed by atoms with Gasteiger partial charge in [-0.25, -0.2) is 0 Å². The van der Waals surface area contributed by atoms with Gasteiger partial charge in [0.05, 0.1) is 12.2 Å². The van der Waals surface area contributed by atoms with Gasteiger partial charge in [-0.3, -0.25) is 9.48 Å². The largest absolute Gasteiger partial charge is 0.348 e. The highest BCUT2D eigenvalue weighted by Crippen LogP contribution is 2.25. The molecule has 2 N–H and O–H groups in total. The van der Waals surface area contributed by atoms with Crippen molar-refractivity contribution >= 4 is 5.91 Å². The molecule has 5 heteroatoms. The van der Waals surface area contributed by atoms with Crippen LogP contribution in [0.5, 0.6) is 0 Å². The molecule has 0 saturated carbocycles. The van der Waals surface area contributed by atoms with Gasteiger partial charge in [-0.15, -0.1) is 0 Å². The van der Waals surface area contributed by atoms with Crippen LogP contribution in [0.4, 0.5) is 0 Å². The summed E-state index contributed by atoms with van der Waals surface area (Å²) in [6.45, 7) is 3.96. The predicted molar refractivity (Wildman–Crippen MR) is 86.3 cm³/mol. The molecular formula is C17H26N4O. The van der Waals surface area contributed by atoms with Gasteiger partial charge in [0.2, 0.25) is 5.91 Å². The van der Waals surface area contributed by atoms with Crippen LogP contribution in [0.3, 0.4) is 0 Å². The van der Waals surface area contributed by atoms with Gasteiger partial charge in [0.1, 0.15) is 0 Å². The molecule has 2 aliphatic rings. The van der Waals surface area contributed by atoms with E-state index in [0.717, 1.165) is 31.0 Å². The Morgan fingerprint density at radius 2 is 2.32 bits per heavy atom. The molecule has 1 aromatic rings. The SMILES string of the molecule is CCn1cc([C@@H]2NC(=O)CC[C@H]2NC[C@@H]2CC=CCC2)cn1. The van der Waals surface area contributed by atoms with Crippen molar-refractivity contribution in [2.24, 2.45) is 5.92 Å². The summed E-state index contributed by atoms with van der Waals surface area (Å²) in [6, 6.07) is 0.346. The number of rotatable bonds is 5. The summed E-state index contributed by atoms with van der Waals surface area (Å²) in [5.41, 5.74) is 1.11. The third-order valence-electron chi connectivity index (χ3n) is 4.78. The molecule has 0 unspecified atom stereocenters. The molecule has 1 amide bonds. The number of allylic oxidation sites excluding steroid dienone is 2. The Balaban J connectivity index is 1.64. The number of carbonyl (C=O) groups excluding carboxylic acids is 1. The van der Waals surface area contributed by atoms with Crippen molar-refractivity contribution in [2.45, 2.75) is 57.7 Å². The van der Waals surface area contributed by atoms with Gasteiger partial charge < -0.3 is 10.6 Å². The van der Waals surface area contributed by atoms with Crippen LogP contribution in [-0.2, 0) is 11.3 Å². The first kappa shape index (κ1) is 15.3. The lowest BCUT2D eigenvalue weighted by molar-refractivity contribution is -0.123. The molecule has 120 valence electrons. The Kier molecular flexibility index (Phi) is 4.93. The maximum Gasteiger partial charge on any atom is 0.220 e. The predicted octanol–water partition coefficient (Wildman–Crippen LogP) is 2.17. The number of amides is 1. The monoisotopic (exact) mass is 302 g/mol. The zero-order valence-electron chi connectivity index (χ0n) is 13.3. The standard InChI is InChI=1S/C17H26N4O/c1-2-21-12-14(11-19-21)17-15(8-9-16(22)20-17)18-10-13-6-4-3-5-7-13/h3-4,11-13,15,17-18H,2,5-10H2,1H3,(H,20,22)/t13-,15-,17+/m1/s1. The summed E-state index contributed by atoms with van der Waals surface area (Å²) >= 11 is 0. The van der Waals surface area contributed by atoms with E-state index in [-0.39, 0.29) is 11.9 Å². The van der Waals surface area contributed by atoms with Gasteiger partial charge in [-0.1, -0.05) is 12.2 Å². The van der Waals surface area contributed by atoms with Crippen LogP contribution in [0.2, 0.25) is 0 Å². The number of hydrogen-bond acceptors (Lipinski definition) is 3.